The van der Waals surface area contributed by atoms with Gasteiger partial charge in [0.1, 0.15) is 17.5 Å². The smallest absolute Gasteiger partial charge is 0.410 e. The van der Waals surface area contributed by atoms with Crippen LogP contribution in [0.3, 0.4) is 0 Å². The summed E-state index contributed by atoms with van der Waals surface area (Å²) in [7, 11) is 0. The van der Waals surface area contributed by atoms with Crippen LogP contribution in [0.4, 0.5) is 9.59 Å². The molecular formula is C64H87N7O5. The number of aldehydes is 1. The minimum atomic E-state index is -0.523. The number of amides is 2. The standard InChI is InChI=1S/C25H35N3O2.C20H27N3.C19H25NO3/c1-24(2,3)30-23(29)28(22-15-21(22)20-7-5-4-6-8-20)18-25(11-12-25)17-27-13-9-19(16-26)10-14-27;21-13-16-6-10-23(11-7-16)15-20(8-9-20)14-22-19-12-18(19)17-4-2-1-3-5-17;1-18(2,3)23-17(22)20(12-19(13-21)9-10-19)16-11-15(16)14-7-5-4-6-8-14/h4-8,19,21-22H,9-15,17-18H2,1-3H3;1-5,16,18-19,22H,6-12,14-15H2;4-8,13,15-16H,9-12H2,1-3H3/t21?,22-;18?,19-;15?,16-/m000/s1. The molecule has 3 aromatic carbocycles. The van der Waals surface area contributed by atoms with Gasteiger partial charge in [-0.05, 0) is 173 Å². The fraction of sp³-hybridized carbons (Fsp3) is 0.641. The Hall–Kier alpha value is -5.27. The van der Waals surface area contributed by atoms with Crippen LogP contribution in [0, 0.1) is 50.7 Å². The monoisotopic (exact) mass is 1030 g/mol. The molecule has 0 radical (unpaired) electrons. The average Bonchev–Trinajstić information content (AvgIpc) is 4.17. The Morgan fingerprint density at radius 1 is 0.592 bits per heavy atom. The summed E-state index contributed by atoms with van der Waals surface area (Å²) in [4.78, 5) is 46.1. The van der Waals surface area contributed by atoms with Crippen LogP contribution in [-0.4, -0.2) is 126 Å². The van der Waals surface area contributed by atoms with Crippen molar-refractivity contribution >= 4 is 18.5 Å². The Balaban J connectivity index is 0.000000141. The van der Waals surface area contributed by atoms with Gasteiger partial charge in [0.05, 0.1) is 12.1 Å². The first-order chi connectivity index (χ1) is 36.4. The maximum atomic E-state index is 13.2. The van der Waals surface area contributed by atoms with Gasteiger partial charge >= 0.3 is 12.2 Å². The highest BCUT2D eigenvalue weighted by atomic mass is 16.6. The van der Waals surface area contributed by atoms with E-state index in [2.05, 4.69) is 94.0 Å². The zero-order valence-corrected chi connectivity index (χ0v) is 46.6. The predicted molar refractivity (Wildman–Crippen MR) is 297 cm³/mol. The van der Waals surface area contributed by atoms with Crippen molar-refractivity contribution in [3.8, 4) is 12.1 Å². The summed E-state index contributed by atoms with van der Waals surface area (Å²) in [5, 5.41) is 22.0. The fourth-order valence-electron chi connectivity index (χ4n) is 12.0. The molecule has 0 aromatic heterocycles. The number of benzene rings is 3. The fourth-order valence-corrected chi connectivity index (χ4v) is 12.0. The van der Waals surface area contributed by atoms with Gasteiger partial charge in [0.25, 0.3) is 0 Å². The summed E-state index contributed by atoms with van der Waals surface area (Å²) in [5.74, 6) is 2.02. The summed E-state index contributed by atoms with van der Waals surface area (Å²) < 4.78 is 11.4. The van der Waals surface area contributed by atoms with Crippen molar-refractivity contribution in [3.05, 3.63) is 108 Å². The Labute approximate surface area is 454 Å². The first kappa shape index (κ1) is 55.5. The molecule has 8 fully saturated rings. The summed E-state index contributed by atoms with van der Waals surface area (Å²) in [6, 6.07) is 37.6. The Kier molecular flexibility index (Phi) is 17.1. The quantitative estimate of drug-likeness (QED) is 0.130. The van der Waals surface area contributed by atoms with Crippen molar-refractivity contribution in [2.45, 2.75) is 172 Å². The molecule has 6 aliphatic carbocycles. The van der Waals surface area contributed by atoms with Crippen LogP contribution in [0.15, 0.2) is 91.0 Å². The number of hydrogen-bond acceptors (Lipinski definition) is 10. The Morgan fingerprint density at radius 3 is 1.36 bits per heavy atom. The number of carbonyl (C=O) groups is 3. The van der Waals surface area contributed by atoms with Gasteiger partial charge in [-0.3, -0.25) is 0 Å². The van der Waals surface area contributed by atoms with Crippen molar-refractivity contribution in [1.29, 1.82) is 10.5 Å². The zero-order valence-electron chi connectivity index (χ0n) is 46.6. The third-order valence-corrected chi connectivity index (χ3v) is 17.5. The van der Waals surface area contributed by atoms with E-state index < -0.39 is 11.2 Å². The lowest BCUT2D eigenvalue weighted by molar-refractivity contribution is -0.112. The van der Waals surface area contributed by atoms with Gasteiger partial charge < -0.3 is 39.2 Å². The van der Waals surface area contributed by atoms with Crippen LogP contribution >= 0.6 is 0 Å². The average molecular weight is 1030 g/mol. The Bertz CT molecular complexity index is 2490. The summed E-state index contributed by atoms with van der Waals surface area (Å²) in [5.41, 5.74) is 3.45. The second kappa shape index (κ2) is 23.4. The second-order valence-electron chi connectivity index (χ2n) is 26.4. The molecule has 0 bridgehead atoms. The zero-order chi connectivity index (χ0) is 53.7. The van der Waals surface area contributed by atoms with Crippen molar-refractivity contribution in [1.82, 2.24) is 24.9 Å². The molecule has 1 N–H and O–H groups in total. The van der Waals surface area contributed by atoms with Crippen molar-refractivity contribution < 1.29 is 23.9 Å². The lowest BCUT2D eigenvalue weighted by atomic mass is 9.96. The lowest BCUT2D eigenvalue weighted by Crippen LogP contribution is -2.45. The van der Waals surface area contributed by atoms with Crippen molar-refractivity contribution in [2.75, 3.05) is 58.9 Å². The van der Waals surface area contributed by atoms with E-state index in [1.165, 1.54) is 61.9 Å². The molecule has 12 nitrogen and oxygen atoms in total. The highest BCUT2D eigenvalue weighted by Crippen LogP contribution is 2.53. The van der Waals surface area contributed by atoms with Gasteiger partial charge in [-0.1, -0.05) is 91.0 Å². The van der Waals surface area contributed by atoms with Gasteiger partial charge in [-0.25, -0.2) is 9.59 Å². The SMILES string of the molecule is CC(C)(C)OC(=O)N(CC1(C=O)CC1)[C@H]1CC1c1ccccc1.CC(C)(C)OC(=O)N(CC1(CN2CCC(C#N)CC2)CC1)[C@H]1CC1c1ccccc1.N#CC1CCN(CC2(CN[C@H]3CC3c3ccccc3)CC2)CC1. The Morgan fingerprint density at radius 2 is 0.987 bits per heavy atom. The van der Waals surface area contributed by atoms with Gasteiger partial charge in [0, 0.05) is 91.3 Å². The van der Waals surface area contributed by atoms with Gasteiger partial charge in [-0.2, -0.15) is 10.5 Å². The first-order valence-corrected chi connectivity index (χ1v) is 29.0. The summed E-state index contributed by atoms with van der Waals surface area (Å²) >= 11 is 0. The molecule has 2 saturated heterocycles. The number of nitrogens with zero attached hydrogens (tertiary/aromatic N) is 6. The van der Waals surface area contributed by atoms with E-state index in [4.69, 9.17) is 20.0 Å². The van der Waals surface area contributed by atoms with E-state index in [-0.39, 0.29) is 41.0 Å². The minimum absolute atomic E-state index is 0.143. The molecule has 408 valence electrons. The topological polar surface area (TPSA) is 142 Å². The first-order valence-electron chi connectivity index (χ1n) is 29.0. The molecule has 76 heavy (non-hydrogen) atoms. The van der Waals surface area contributed by atoms with Gasteiger partial charge in [0.15, 0.2) is 0 Å². The van der Waals surface area contributed by atoms with Crippen LogP contribution < -0.4 is 5.32 Å². The largest absolute Gasteiger partial charge is 0.444 e. The van der Waals surface area contributed by atoms with E-state index in [1.54, 1.807) is 4.90 Å². The molecule has 2 amide bonds. The molecule has 2 heterocycles. The van der Waals surface area contributed by atoms with E-state index in [0.717, 1.165) is 103 Å². The van der Waals surface area contributed by atoms with E-state index in [9.17, 15) is 14.4 Å². The second-order valence-corrected chi connectivity index (χ2v) is 26.4. The van der Waals surface area contributed by atoms with E-state index >= 15 is 0 Å². The van der Waals surface area contributed by atoms with E-state index in [1.807, 2.05) is 70.7 Å². The molecule has 0 spiro atoms. The van der Waals surface area contributed by atoms with Crippen LogP contribution in [-0.2, 0) is 14.3 Å². The van der Waals surface area contributed by atoms with Gasteiger partial charge in [-0.15, -0.1) is 0 Å². The number of rotatable bonds is 17. The van der Waals surface area contributed by atoms with Crippen LogP contribution in [0.5, 0.6) is 0 Å². The minimum Gasteiger partial charge on any atom is -0.444 e. The molecule has 2 aliphatic heterocycles. The van der Waals surface area contributed by atoms with Crippen LogP contribution in [0.1, 0.15) is 159 Å². The maximum Gasteiger partial charge on any atom is 0.410 e. The number of nitrogens with one attached hydrogen (secondary N) is 1. The van der Waals surface area contributed by atoms with Crippen LogP contribution in [0.2, 0.25) is 0 Å². The van der Waals surface area contributed by atoms with Gasteiger partial charge in [0.2, 0.25) is 0 Å². The lowest BCUT2D eigenvalue weighted by Gasteiger charge is -2.35. The number of nitriles is 2. The molecule has 3 unspecified atom stereocenters. The summed E-state index contributed by atoms with van der Waals surface area (Å²) in [6.07, 6.45) is 14.7. The summed E-state index contributed by atoms with van der Waals surface area (Å²) in [6.45, 7) is 20.4. The predicted octanol–water partition coefficient (Wildman–Crippen LogP) is 11.7. The van der Waals surface area contributed by atoms with Crippen molar-refractivity contribution in [3.63, 3.8) is 0 Å². The normalized spacial score (nSPS) is 26.7. The highest BCUT2D eigenvalue weighted by Gasteiger charge is 2.54. The van der Waals surface area contributed by atoms with Crippen molar-refractivity contribution in [2.24, 2.45) is 28.1 Å². The number of carbonyl (C=O) groups excluding carboxylic acids is 3. The molecule has 8 aliphatic rings. The third kappa shape index (κ3) is 15.5. The number of piperidine rings is 2. The molecule has 6 saturated carbocycles. The number of likely N-dealkylation sites (tertiary alicyclic amines) is 2. The molecule has 3 aromatic rings. The highest BCUT2D eigenvalue weighted by molar-refractivity contribution is 5.72. The molecular weight excluding hydrogens is 947 g/mol. The number of ether oxygens (including phenoxy) is 2. The maximum absolute atomic E-state index is 13.2. The third-order valence-electron chi connectivity index (χ3n) is 17.5. The van der Waals surface area contributed by atoms with Crippen LogP contribution in [0.25, 0.3) is 0 Å². The molecule has 11 rings (SSSR count). The molecule has 6 atom stereocenters. The molecule has 12 heteroatoms. The number of hydrogen-bond donors (Lipinski definition) is 1. The van der Waals surface area contributed by atoms with E-state index in [0.29, 0.717) is 35.8 Å².